The van der Waals surface area contributed by atoms with Crippen molar-refractivity contribution in [1.29, 1.82) is 0 Å². The highest BCUT2D eigenvalue weighted by Crippen LogP contribution is 2.10. The first-order valence-corrected chi connectivity index (χ1v) is 4.82. The summed E-state index contributed by atoms with van der Waals surface area (Å²) in [6.45, 7) is 2.12. The fourth-order valence-electron chi connectivity index (χ4n) is 1.39. The van der Waals surface area contributed by atoms with Crippen LogP contribution in [0.2, 0.25) is 0 Å². The van der Waals surface area contributed by atoms with Crippen LogP contribution in [-0.4, -0.2) is 15.2 Å². The van der Waals surface area contributed by atoms with E-state index in [1.54, 1.807) is 0 Å². The number of aromatic amines is 1. The first-order valence-electron chi connectivity index (χ1n) is 3.82. The van der Waals surface area contributed by atoms with Crippen molar-refractivity contribution >= 4 is 26.3 Å². The van der Waals surface area contributed by atoms with Crippen LogP contribution in [-0.2, 0) is 0 Å². The van der Waals surface area contributed by atoms with Crippen molar-refractivity contribution < 1.29 is 0 Å². The third-order valence-electron chi connectivity index (χ3n) is 2.04. The summed E-state index contributed by atoms with van der Waals surface area (Å²) in [5, 5.41) is 2.85. The summed E-state index contributed by atoms with van der Waals surface area (Å²) in [7, 11) is 1.13. The molecule has 2 rings (SSSR count). The number of aryl methyl sites for hydroxylation is 1. The molecule has 1 aromatic heterocycles. The minimum absolute atomic E-state index is 1.13. The van der Waals surface area contributed by atoms with Crippen molar-refractivity contribution in [3.63, 3.8) is 0 Å². The van der Waals surface area contributed by atoms with E-state index < -0.39 is 0 Å². The molecule has 0 aliphatic heterocycles. The number of hydrogen-bond acceptors (Lipinski definition) is 0. The van der Waals surface area contributed by atoms with Gasteiger partial charge in [-0.15, -0.1) is 0 Å². The molecule has 56 valence electrons. The van der Waals surface area contributed by atoms with Gasteiger partial charge in [-0.25, -0.2) is 0 Å². The maximum absolute atomic E-state index is 3.26. The number of fused-ring (bicyclic) bond motifs is 1. The van der Waals surface area contributed by atoms with Crippen LogP contribution in [0.5, 0.6) is 0 Å². The van der Waals surface area contributed by atoms with E-state index in [-0.39, 0.29) is 0 Å². The number of nitrogens with one attached hydrogen (secondary N) is 1. The van der Waals surface area contributed by atoms with Crippen LogP contribution >= 0.6 is 0 Å². The van der Waals surface area contributed by atoms with Crippen molar-refractivity contribution in [2.45, 2.75) is 6.92 Å². The van der Waals surface area contributed by atoms with Gasteiger partial charge in [-0.1, -0.05) is 12.1 Å². The number of rotatable bonds is 0. The standard InChI is InChI=1S/C9H11NSi/c1-6-2-3-7-8(4-6)10-5-9(7)11/h2-5,10H,1,11H3. The highest BCUT2D eigenvalue weighted by molar-refractivity contribution is 6.38. The Morgan fingerprint density at radius 1 is 1.36 bits per heavy atom. The van der Waals surface area contributed by atoms with Gasteiger partial charge in [0.2, 0.25) is 0 Å². The van der Waals surface area contributed by atoms with E-state index in [9.17, 15) is 0 Å². The lowest BCUT2D eigenvalue weighted by atomic mass is 10.2. The Balaban J connectivity index is 2.86. The molecule has 2 aromatic rings. The topological polar surface area (TPSA) is 15.8 Å². The van der Waals surface area contributed by atoms with Crippen LogP contribution in [0.3, 0.4) is 0 Å². The Labute approximate surface area is 68.9 Å². The van der Waals surface area contributed by atoms with Crippen molar-refractivity contribution in [3.05, 3.63) is 30.0 Å². The smallest absolute Gasteiger partial charge is 0.0454 e. The van der Waals surface area contributed by atoms with Gasteiger partial charge in [0.15, 0.2) is 0 Å². The zero-order valence-electron chi connectivity index (χ0n) is 6.81. The maximum atomic E-state index is 3.26. The largest absolute Gasteiger partial charge is 0.361 e. The van der Waals surface area contributed by atoms with Crippen LogP contribution in [0.25, 0.3) is 10.9 Å². The molecular weight excluding hydrogens is 150 g/mol. The summed E-state index contributed by atoms with van der Waals surface area (Å²) >= 11 is 0. The summed E-state index contributed by atoms with van der Waals surface area (Å²) in [6, 6.07) is 6.55. The Bertz CT molecular complexity index is 389. The molecule has 2 heteroatoms. The van der Waals surface area contributed by atoms with Gasteiger partial charge < -0.3 is 4.98 Å². The fraction of sp³-hybridized carbons (Fsp3) is 0.111. The van der Waals surface area contributed by atoms with Crippen LogP contribution in [0.1, 0.15) is 5.56 Å². The summed E-state index contributed by atoms with van der Waals surface area (Å²) < 4.78 is 0. The van der Waals surface area contributed by atoms with E-state index >= 15 is 0 Å². The van der Waals surface area contributed by atoms with Crippen molar-refractivity contribution in [2.24, 2.45) is 0 Å². The summed E-state index contributed by atoms with van der Waals surface area (Å²) in [4.78, 5) is 3.26. The molecule has 0 saturated heterocycles. The molecule has 0 bridgehead atoms. The zero-order chi connectivity index (χ0) is 7.84. The van der Waals surface area contributed by atoms with Crippen molar-refractivity contribution in [1.82, 2.24) is 4.98 Å². The van der Waals surface area contributed by atoms with Gasteiger partial charge in [0, 0.05) is 15.8 Å². The predicted octanol–water partition coefficient (Wildman–Crippen LogP) is 0.467. The molecule has 0 atom stereocenters. The van der Waals surface area contributed by atoms with E-state index in [2.05, 4.69) is 36.3 Å². The predicted molar refractivity (Wildman–Crippen MR) is 52.6 cm³/mol. The minimum Gasteiger partial charge on any atom is -0.361 e. The number of H-pyrrole nitrogens is 1. The molecule has 1 aromatic carbocycles. The molecule has 0 spiro atoms. The van der Waals surface area contributed by atoms with Gasteiger partial charge in [0.25, 0.3) is 0 Å². The Morgan fingerprint density at radius 2 is 2.18 bits per heavy atom. The molecule has 0 aliphatic rings. The van der Waals surface area contributed by atoms with Gasteiger partial charge >= 0.3 is 0 Å². The Morgan fingerprint density at radius 3 is 3.00 bits per heavy atom. The first kappa shape index (κ1) is 6.67. The second-order valence-corrected chi connectivity index (χ2v) is 4.10. The lowest BCUT2D eigenvalue weighted by molar-refractivity contribution is 1.44. The van der Waals surface area contributed by atoms with Crippen molar-refractivity contribution in [3.8, 4) is 0 Å². The first-order chi connectivity index (χ1) is 5.27. The Kier molecular flexibility index (Phi) is 1.36. The quantitative estimate of drug-likeness (QED) is 0.541. The average molecular weight is 161 g/mol. The van der Waals surface area contributed by atoms with E-state index in [4.69, 9.17) is 0 Å². The van der Waals surface area contributed by atoms with E-state index in [0.717, 1.165) is 10.2 Å². The van der Waals surface area contributed by atoms with Gasteiger partial charge in [0.1, 0.15) is 0 Å². The third-order valence-corrected chi connectivity index (χ3v) is 2.87. The molecule has 1 heterocycles. The Hall–Kier alpha value is -1.02. The number of benzene rings is 1. The highest BCUT2D eigenvalue weighted by atomic mass is 28.1. The van der Waals surface area contributed by atoms with E-state index in [0.29, 0.717) is 0 Å². The molecule has 11 heavy (non-hydrogen) atoms. The minimum atomic E-state index is 1.13. The molecular formula is C9H11NSi. The van der Waals surface area contributed by atoms with Crippen LogP contribution in [0.4, 0.5) is 0 Å². The van der Waals surface area contributed by atoms with E-state index in [1.165, 1.54) is 21.7 Å². The number of hydrogen-bond donors (Lipinski definition) is 1. The average Bonchev–Trinajstić information content (AvgIpc) is 2.32. The number of aromatic nitrogens is 1. The summed E-state index contributed by atoms with van der Waals surface area (Å²) in [6.07, 6.45) is 2.11. The maximum Gasteiger partial charge on any atom is 0.0454 e. The molecule has 1 N–H and O–H groups in total. The lowest BCUT2D eigenvalue weighted by Gasteiger charge is -1.92. The second-order valence-electron chi connectivity index (χ2n) is 3.02. The van der Waals surface area contributed by atoms with Gasteiger partial charge in [-0.05, 0) is 35.3 Å². The summed E-state index contributed by atoms with van der Waals surface area (Å²) in [5.41, 5.74) is 2.59. The molecule has 0 unspecified atom stereocenters. The van der Waals surface area contributed by atoms with Gasteiger partial charge in [0.05, 0.1) is 0 Å². The van der Waals surface area contributed by atoms with Gasteiger partial charge in [-0.2, -0.15) is 0 Å². The lowest BCUT2D eigenvalue weighted by Crippen LogP contribution is -1.96. The second kappa shape index (κ2) is 2.24. The monoisotopic (exact) mass is 161 g/mol. The summed E-state index contributed by atoms with van der Waals surface area (Å²) in [5.74, 6) is 0. The van der Waals surface area contributed by atoms with Crippen LogP contribution in [0.15, 0.2) is 24.4 Å². The molecule has 0 amide bonds. The van der Waals surface area contributed by atoms with Crippen LogP contribution < -0.4 is 5.19 Å². The SMILES string of the molecule is Cc1ccc2c([SiH3])c[nH]c2c1. The molecule has 0 saturated carbocycles. The zero-order valence-corrected chi connectivity index (χ0v) is 8.81. The molecule has 0 fully saturated rings. The molecule has 0 aliphatic carbocycles. The molecule has 1 nitrogen and oxygen atoms in total. The van der Waals surface area contributed by atoms with Crippen molar-refractivity contribution in [2.75, 3.05) is 0 Å². The third kappa shape index (κ3) is 0.993. The molecule has 0 radical (unpaired) electrons. The highest BCUT2D eigenvalue weighted by Gasteiger charge is 1.96. The normalized spacial score (nSPS) is 11.0. The van der Waals surface area contributed by atoms with Gasteiger partial charge in [-0.3, -0.25) is 0 Å². The van der Waals surface area contributed by atoms with Crippen LogP contribution in [0, 0.1) is 6.92 Å². The van der Waals surface area contributed by atoms with E-state index in [1.807, 2.05) is 0 Å². The fourth-order valence-corrected chi connectivity index (χ4v) is 1.97.